The molecule has 232 valence electrons. The molecule has 2 amide bonds. The lowest BCUT2D eigenvalue weighted by atomic mass is 10.00. The van der Waals surface area contributed by atoms with Crippen molar-refractivity contribution in [2.24, 2.45) is 10.9 Å². The first-order valence-corrected chi connectivity index (χ1v) is 14.9. The Morgan fingerprint density at radius 3 is 2.20 bits per heavy atom. The number of aliphatic imine (C=N–C) groups is 1. The fourth-order valence-electron chi connectivity index (χ4n) is 5.96. The molecular formula is C34H40N4O6. The minimum atomic E-state index is -0.911. The van der Waals surface area contributed by atoms with Crippen molar-refractivity contribution in [3.8, 4) is 0 Å². The number of carbonyl (C=O) groups is 4. The highest BCUT2D eigenvalue weighted by Crippen LogP contribution is 2.29. The van der Waals surface area contributed by atoms with E-state index < -0.39 is 11.9 Å². The average Bonchev–Trinajstić information content (AvgIpc) is 3.60. The second kappa shape index (κ2) is 13.3. The fourth-order valence-corrected chi connectivity index (χ4v) is 5.96. The lowest BCUT2D eigenvalue weighted by Crippen LogP contribution is -2.16. The molecule has 44 heavy (non-hydrogen) atoms. The lowest BCUT2D eigenvalue weighted by molar-refractivity contribution is -0.138. The number of hydrogen-bond donors (Lipinski definition) is 5. The average molecular weight is 601 g/mol. The summed E-state index contributed by atoms with van der Waals surface area (Å²) in [6, 6.07) is 0. The number of amides is 2. The smallest absolute Gasteiger partial charge is 0.303 e. The van der Waals surface area contributed by atoms with Crippen LogP contribution in [0.2, 0.25) is 0 Å². The Balaban J connectivity index is 1.90. The molecule has 0 bridgehead atoms. The third-order valence-electron chi connectivity index (χ3n) is 8.58. The van der Waals surface area contributed by atoms with E-state index in [1.54, 1.807) is 0 Å². The summed E-state index contributed by atoms with van der Waals surface area (Å²) >= 11 is 0. The second-order valence-electron chi connectivity index (χ2n) is 11.3. The molecule has 0 aliphatic carbocycles. The summed E-state index contributed by atoms with van der Waals surface area (Å²) in [4.78, 5) is 58.7. The molecule has 1 atom stereocenters. The predicted octanol–water partition coefficient (Wildman–Crippen LogP) is 3.75. The molecule has 0 spiro atoms. The summed E-state index contributed by atoms with van der Waals surface area (Å²) in [5, 5.41) is 23.1. The number of aromatic amines is 2. The Hall–Kier alpha value is -4.73. The van der Waals surface area contributed by atoms with E-state index in [9.17, 15) is 29.4 Å². The zero-order chi connectivity index (χ0) is 32.3. The normalized spacial score (nSPS) is 19.6. The SMILES string of the molecule is C/C=C1/C(=C\c2[nH]c(/C=c3\[nH]/c(=C/C4=NC(=O)C(CC)=C4C)c(C)c3CCC(=O)O)c(CCCC(=O)O)c2C)NC(=O)C1C. The molecule has 2 aromatic heterocycles. The third-order valence-corrected chi connectivity index (χ3v) is 8.58. The van der Waals surface area contributed by atoms with Crippen LogP contribution in [0, 0.1) is 19.8 Å². The van der Waals surface area contributed by atoms with Gasteiger partial charge < -0.3 is 25.5 Å². The van der Waals surface area contributed by atoms with Crippen LogP contribution in [0.4, 0.5) is 0 Å². The minimum Gasteiger partial charge on any atom is -0.481 e. The van der Waals surface area contributed by atoms with E-state index >= 15 is 0 Å². The number of nitrogens with one attached hydrogen (secondary N) is 3. The van der Waals surface area contributed by atoms with Crippen molar-refractivity contribution in [1.29, 1.82) is 0 Å². The molecule has 4 heterocycles. The monoisotopic (exact) mass is 600 g/mol. The highest BCUT2D eigenvalue weighted by molar-refractivity contribution is 6.30. The van der Waals surface area contributed by atoms with E-state index in [4.69, 9.17) is 0 Å². The summed E-state index contributed by atoms with van der Waals surface area (Å²) < 4.78 is 0. The molecule has 1 fully saturated rings. The van der Waals surface area contributed by atoms with Gasteiger partial charge in [0.1, 0.15) is 0 Å². The number of carbonyl (C=O) groups excluding carboxylic acids is 2. The van der Waals surface area contributed by atoms with Crippen molar-refractivity contribution in [2.45, 2.75) is 80.1 Å². The Bertz CT molecular complexity index is 1790. The minimum absolute atomic E-state index is 0.0226. The van der Waals surface area contributed by atoms with Crippen molar-refractivity contribution >= 4 is 47.7 Å². The second-order valence-corrected chi connectivity index (χ2v) is 11.3. The van der Waals surface area contributed by atoms with Gasteiger partial charge in [0.25, 0.3) is 5.91 Å². The molecule has 0 radical (unpaired) electrons. The standard InChI is InChI=1S/C34H40N4O6/c1-7-21-20(6)33(43)38-28(21)15-26-18(4)23(10-9-11-31(39)40)29(36-26)16-30-24(12-13-32(41)42)19(5)25(35-30)14-27-17(3)22(8-2)34(44)37-27/h7,14-16,20,35-36H,8-13H2,1-6H3,(H,38,43)(H,39,40)(H,41,42)/b21-7+,25-14+,28-15+,30-16-. The molecule has 10 heteroatoms. The number of allylic oxidation sites excluding steroid dienone is 3. The summed E-state index contributed by atoms with van der Waals surface area (Å²) in [5.41, 5.74) is 8.85. The Morgan fingerprint density at radius 2 is 1.59 bits per heavy atom. The van der Waals surface area contributed by atoms with Crippen LogP contribution in [-0.4, -0.2) is 49.6 Å². The van der Waals surface area contributed by atoms with Gasteiger partial charge in [-0.1, -0.05) is 13.0 Å². The summed E-state index contributed by atoms with van der Waals surface area (Å²) in [6.45, 7) is 11.4. The molecule has 0 saturated carbocycles. The summed E-state index contributed by atoms with van der Waals surface area (Å²) in [5.74, 6) is -2.35. The number of rotatable bonds is 11. The maximum atomic E-state index is 12.4. The zero-order valence-electron chi connectivity index (χ0n) is 26.1. The first-order valence-electron chi connectivity index (χ1n) is 14.9. The summed E-state index contributed by atoms with van der Waals surface area (Å²) in [6.07, 6.45) is 9.38. The molecule has 1 saturated heterocycles. The van der Waals surface area contributed by atoms with Gasteiger partial charge in [-0.3, -0.25) is 19.2 Å². The molecule has 0 aromatic carbocycles. The van der Waals surface area contributed by atoms with Gasteiger partial charge in [0.2, 0.25) is 5.91 Å². The molecule has 2 aliphatic rings. The van der Waals surface area contributed by atoms with Crippen LogP contribution in [0.3, 0.4) is 0 Å². The molecular weight excluding hydrogens is 560 g/mol. The van der Waals surface area contributed by atoms with Crippen LogP contribution in [0.15, 0.2) is 33.5 Å². The molecule has 2 aromatic rings. The van der Waals surface area contributed by atoms with Gasteiger partial charge in [-0.2, -0.15) is 0 Å². The Morgan fingerprint density at radius 1 is 0.886 bits per heavy atom. The molecule has 1 unspecified atom stereocenters. The van der Waals surface area contributed by atoms with Crippen LogP contribution >= 0.6 is 0 Å². The molecule has 5 N–H and O–H groups in total. The van der Waals surface area contributed by atoms with E-state index in [1.165, 1.54) is 0 Å². The summed E-state index contributed by atoms with van der Waals surface area (Å²) in [7, 11) is 0. The van der Waals surface area contributed by atoms with Crippen molar-refractivity contribution in [2.75, 3.05) is 0 Å². The van der Waals surface area contributed by atoms with Gasteiger partial charge in [0.15, 0.2) is 0 Å². The van der Waals surface area contributed by atoms with E-state index in [0.717, 1.165) is 55.8 Å². The number of aromatic nitrogens is 2. The number of hydrogen-bond acceptors (Lipinski definition) is 4. The van der Waals surface area contributed by atoms with E-state index in [1.807, 2.05) is 65.8 Å². The van der Waals surface area contributed by atoms with Gasteiger partial charge >= 0.3 is 11.9 Å². The zero-order valence-corrected chi connectivity index (χ0v) is 26.1. The molecule has 4 rings (SSSR count). The first kappa shape index (κ1) is 32.2. The van der Waals surface area contributed by atoms with Crippen molar-refractivity contribution in [3.63, 3.8) is 0 Å². The van der Waals surface area contributed by atoms with Crippen molar-refractivity contribution in [1.82, 2.24) is 15.3 Å². The van der Waals surface area contributed by atoms with Gasteiger partial charge in [-0.05, 0) is 112 Å². The van der Waals surface area contributed by atoms with Crippen LogP contribution in [-0.2, 0) is 32.0 Å². The highest BCUT2D eigenvalue weighted by atomic mass is 16.4. The van der Waals surface area contributed by atoms with Gasteiger partial charge in [-0.15, -0.1) is 0 Å². The van der Waals surface area contributed by atoms with Crippen molar-refractivity contribution in [3.05, 3.63) is 72.8 Å². The predicted molar refractivity (Wildman–Crippen MR) is 169 cm³/mol. The third kappa shape index (κ3) is 6.59. The van der Waals surface area contributed by atoms with E-state index in [0.29, 0.717) is 35.9 Å². The number of H-pyrrole nitrogens is 2. The van der Waals surface area contributed by atoms with Crippen LogP contribution < -0.4 is 16.0 Å². The quantitative estimate of drug-likeness (QED) is 0.264. The lowest BCUT2D eigenvalue weighted by Gasteiger charge is -2.03. The van der Waals surface area contributed by atoms with Gasteiger partial charge in [0.05, 0.1) is 11.6 Å². The maximum Gasteiger partial charge on any atom is 0.303 e. The van der Waals surface area contributed by atoms with E-state index in [2.05, 4.69) is 20.3 Å². The largest absolute Gasteiger partial charge is 0.481 e. The van der Waals surface area contributed by atoms with Crippen LogP contribution in [0.1, 0.15) is 87.0 Å². The number of carboxylic acids is 2. The van der Waals surface area contributed by atoms with Gasteiger partial charge in [0, 0.05) is 46.2 Å². The van der Waals surface area contributed by atoms with Crippen LogP contribution in [0.25, 0.3) is 18.2 Å². The first-order chi connectivity index (χ1) is 20.9. The Kier molecular flexibility index (Phi) is 9.71. The van der Waals surface area contributed by atoms with Gasteiger partial charge in [-0.25, -0.2) is 4.99 Å². The fraction of sp³-hybridized carbons (Fsp3) is 0.382. The highest BCUT2D eigenvalue weighted by Gasteiger charge is 2.29. The maximum absolute atomic E-state index is 12.4. The van der Waals surface area contributed by atoms with E-state index in [-0.39, 0.29) is 37.0 Å². The van der Waals surface area contributed by atoms with Crippen LogP contribution in [0.5, 0.6) is 0 Å². The number of carboxylic acid groups (broad SMARTS) is 2. The van der Waals surface area contributed by atoms with Crippen molar-refractivity contribution < 1.29 is 29.4 Å². The Labute approximate surface area is 256 Å². The molecule has 2 aliphatic heterocycles. The number of nitrogens with zero attached hydrogens (tertiary/aromatic N) is 1. The number of aliphatic carboxylic acids is 2. The molecule has 10 nitrogen and oxygen atoms in total. The topological polar surface area (TPSA) is 165 Å².